The summed E-state index contributed by atoms with van der Waals surface area (Å²) in [4.78, 5) is 5.40. The summed E-state index contributed by atoms with van der Waals surface area (Å²) < 4.78 is 8.15. The van der Waals surface area contributed by atoms with Gasteiger partial charge in [0.15, 0.2) is 0 Å². The van der Waals surface area contributed by atoms with E-state index in [1.54, 1.807) is 0 Å². The van der Waals surface area contributed by atoms with Gasteiger partial charge in [-0.05, 0) is 43.9 Å². The summed E-state index contributed by atoms with van der Waals surface area (Å²) in [5, 5.41) is 4.51. The molecule has 4 nitrogen and oxygen atoms in total. The maximum Gasteiger partial charge on any atom is 0.0524 e. The van der Waals surface area contributed by atoms with Crippen LogP contribution in [0.25, 0.3) is 0 Å². The van der Waals surface area contributed by atoms with Crippen LogP contribution in [0.4, 0.5) is 0 Å². The minimum Gasteiger partial charge on any atom is -0.381 e. The minimum absolute atomic E-state index is 0.524. The lowest BCUT2D eigenvalue weighted by atomic mass is 10.1. The fourth-order valence-electron chi connectivity index (χ4n) is 3.32. The van der Waals surface area contributed by atoms with Crippen LogP contribution in [0.3, 0.4) is 0 Å². The Balaban J connectivity index is 1.42. The molecule has 0 radical (unpaired) electrons. The summed E-state index contributed by atoms with van der Waals surface area (Å²) in [5.74, 6) is 1.36. The Labute approximate surface area is 142 Å². The standard InChI is InChI=1S/C18H25N3OS/c1-14-2-5-18(23-14)11-20-8-16(13-22-12-15-3-4-15)9-21-17(10-20)6-7-19-21/h2,5-7,15-16H,3-4,8-13H2,1H3/t16-/m1/s1. The molecule has 1 atom stereocenters. The van der Waals surface area contributed by atoms with Gasteiger partial charge in [0, 0.05) is 54.7 Å². The highest BCUT2D eigenvalue weighted by atomic mass is 32.1. The van der Waals surface area contributed by atoms with Crippen molar-refractivity contribution < 1.29 is 4.74 Å². The van der Waals surface area contributed by atoms with E-state index in [1.807, 2.05) is 17.5 Å². The van der Waals surface area contributed by atoms with Crippen LogP contribution in [0.2, 0.25) is 0 Å². The third-order valence-electron chi connectivity index (χ3n) is 4.72. The van der Waals surface area contributed by atoms with Gasteiger partial charge in [0.1, 0.15) is 0 Å². The molecule has 3 heterocycles. The minimum atomic E-state index is 0.524. The number of thiophene rings is 1. The second-order valence-corrected chi connectivity index (χ2v) is 8.41. The van der Waals surface area contributed by atoms with Crippen LogP contribution < -0.4 is 0 Å². The molecule has 1 saturated carbocycles. The molecular formula is C18H25N3OS. The average Bonchev–Trinajstić information content (AvgIpc) is 3.16. The molecule has 2 aromatic rings. The molecule has 0 amide bonds. The van der Waals surface area contributed by atoms with Crippen LogP contribution in [0.15, 0.2) is 24.4 Å². The van der Waals surface area contributed by atoms with Gasteiger partial charge in [-0.15, -0.1) is 11.3 Å². The number of rotatable bonds is 6. The van der Waals surface area contributed by atoms with Crippen molar-refractivity contribution >= 4 is 11.3 Å². The number of hydrogen-bond donors (Lipinski definition) is 0. The maximum absolute atomic E-state index is 5.98. The van der Waals surface area contributed by atoms with Gasteiger partial charge in [-0.2, -0.15) is 5.10 Å². The molecule has 4 rings (SSSR count). The Kier molecular flexibility index (Phi) is 4.51. The van der Waals surface area contributed by atoms with Crippen molar-refractivity contribution in [1.29, 1.82) is 0 Å². The molecule has 2 aliphatic rings. The van der Waals surface area contributed by atoms with Crippen LogP contribution in [0, 0.1) is 18.8 Å². The van der Waals surface area contributed by atoms with Gasteiger partial charge in [0.05, 0.1) is 12.3 Å². The van der Waals surface area contributed by atoms with E-state index in [2.05, 4.69) is 39.8 Å². The summed E-state index contributed by atoms with van der Waals surface area (Å²) in [5.41, 5.74) is 1.32. The first-order valence-electron chi connectivity index (χ1n) is 8.62. The molecule has 2 aromatic heterocycles. The second kappa shape index (κ2) is 6.75. The first kappa shape index (κ1) is 15.4. The topological polar surface area (TPSA) is 30.3 Å². The highest BCUT2D eigenvalue weighted by Gasteiger charge is 2.25. The first-order valence-corrected chi connectivity index (χ1v) is 9.44. The smallest absolute Gasteiger partial charge is 0.0524 e. The number of aryl methyl sites for hydroxylation is 1. The van der Waals surface area contributed by atoms with Gasteiger partial charge in [-0.1, -0.05) is 0 Å². The predicted octanol–water partition coefficient (Wildman–Crippen LogP) is 3.31. The number of fused-ring (bicyclic) bond motifs is 1. The van der Waals surface area contributed by atoms with E-state index in [0.29, 0.717) is 5.92 Å². The SMILES string of the molecule is Cc1ccc(CN2Cc3ccnn3C[C@H](COCC3CC3)C2)s1. The molecule has 0 unspecified atom stereocenters. The number of hydrogen-bond acceptors (Lipinski definition) is 4. The molecule has 5 heteroatoms. The molecule has 0 spiro atoms. The molecular weight excluding hydrogens is 306 g/mol. The molecule has 0 bridgehead atoms. The molecule has 0 N–H and O–H groups in total. The van der Waals surface area contributed by atoms with Gasteiger partial charge in [-0.3, -0.25) is 9.58 Å². The lowest BCUT2D eigenvalue weighted by Gasteiger charge is -2.23. The summed E-state index contributed by atoms with van der Waals surface area (Å²) in [6.45, 7) is 8.07. The lowest BCUT2D eigenvalue weighted by Crippen LogP contribution is -2.30. The predicted molar refractivity (Wildman–Crippen MR) is 92.4 cm³/mol. The molecule has 23 heavy (non-hydrogen) atoms. The van der Waals surface area contributed by atoms with Crippen molar-refractivity contribution in [2.45, 2.75) is 39.4 Å². The zero-order valence-corrected chi connectivity index (χ0v) is 14.6. The fraction of sp³-hybridized carbons (Fsp3) is 0.611. The fourth-order valence-corrected chi connectivity index (χ4v) is 4.25. The number of aromatic nitrogens is 2. The Morgan fingerprint density at radius 1 is 1.17 bits per heavy atom. The van der Waals surface area contributed by atoms with Crippen LogP contribution in [-0.4, -0.2) is 34.4 Å². The van der Waals surface area contributed by atoms with Crippen LogP contribution >= 0.6 is 11.3 Å². The van der Waals surface area contributed by atoms with Gasteiger partial charge in [0.25, 0.3) is 0 Å². The third kappa shape index (κ3) is 4.03. The van der Waals surface area contributed by atoms with E-state index in [-0.39, 0.29) is 0 Å². The largest absolute Gasteiger partial charge is 0.381 e. The van der Waals surface area contributed by atoms with Crippen LogP contribution in [-0.2, 0) is 24.4 Å². The number of ether oxygens (including phenoxy) is 1. The monoisotopic (exact) mass is 331 g/mol. The van der Waals surface area contributed by atoms with Crippen molar-refractivity contribution in [3.63, 3.8) is 0 Å². The second-order valence-electron chi connectivity index (χ2n) is 7.03. The Morgan fingerprint density at radius 2 is 2.04 bits per heavy atom. The molecule has 1 fully saturated rings. The van der Waals surface area contributed by atoms with Crippen molar-refractivity contribution in [2.24, 2.45) is 11.8 Å². The molecule has 0 saturated heterocycles. The number of nitrogens with zero attached hydrogens (tertiary/aromatic N) is 3. The third-order valence-corrected chi connectivity index (χ3v) is 5.70. The Hall–Kier alpha value is -1.17. The highest BCUT2D eigenvalue weighted by Crippen LogP contribution is 2.29. The van der Waals surface area contributed by atoms with Crippen LogP contribution in [0.5, 0.6) is 0 Å². The summed E-state index contributed by atoms with van der Waals surface area (Å²) >= 11 is 1.91. The van der Waals surface area contributed by atoms with E-state index < -0.39 is 0 Å². The van der Waals surface area contributed by atoms with Crippen molar-refractivity contribution in [1.82, 2.24) is 14.7 Å². The molecule has 124 valence electrons. The van der Waals surface area contributed by atoms with Crippen LogP contribution in [0.1, 0.15) is 28.3 Å². The highest BCUT2D eigenvalue weighted by molar-refractivity contribution is 7.11. The Bertz CT molecular complexity index is 646. The molecule has 0 aromatic carbocycles. The van der Waals surface area contributed by atoms with Crippen molar-refractivity contribution in [2.75, 3.05) is 19.8 Å². The Morgan fingerprint density at radius 3 is 2.83 bits per heavy atom. The molecule has 1 aliphatic heterocycles. The van der Waals surface area contributed by atoms with Gasteiger partial charge < -0.3 is 4.74 Å². The zero-order chi connectivity index (χ0) is 15.6. The normalized spacial score (nSPS) is 22.0. The maximum atomic E-state index is 5.98. The quantitative estimate of drug-likeness (QED) is 0.813. The van der Waals surface area contributed by atoms with E-state index in [0.717, 1.165) is 45.3 Å². The van der Waals surface area contributed by atoms with E-state index in [4.69, 9.17) is 4.74 Å². The average molecular weight is 331 g/mol. The van der Waals surface area contributed by atoms with E-state index in [9.17, 15) is 0 Å². The summed E-state index contributed by atoms with van der Waals surface area (Å²) in [6, 6.07) is 6.64. The van der Waals surface area contributed by atoms with E-state index in [1.165, 1.54) is 28.3 Å². The summed E-state index contributed by atoms with van der Waals surface area (Å²) in [7, 11) is 0. The van der Waals surface area contributed by atoms with Crippen molar-refractivity contribution in [3.05, 3.63) is 39.8 Å². The van der Waals surface area contributed by atoms with Crippen molar-refractivity contribution in [3.8, 4) is 0 Å². The van der Waals surface area contributed by atoms with Gasteiger partial charge in [0.2, 0.25) is 0 Å². The lowest BCUT2D eigenvalue weighted by molar-refractivity contribution is 0.0698. The summed E-state index contributed by atoms with van der Waals surface area (Å²) in [6.07, 6.45) is 4.64. The van der Waals surface area contributed by atoms with Gasteiger partial charge >= 0.3 is 0 Å². The van der Waals surface area contributed by atoms with E-state index >= 15 is 0 Å². The van der Waals surface area contributed by atoms with Gasteiger partial charge in [-0.25, -0.2) is 0 Å². The molecule has 1 aliphatic carbocycles. The zero-order valence-electron chi connectivity index (χ0n) is 13.8. The first-order chi connectivity index (χ1) is 11.3.